The van der Waals surface area contributed by atoms with Gasteiger partial charge in [0.05, 0.1) is 22.8 Å². The summed E-state index contributed by atoms with van der Waals surface area (Å²) >= 11 is 1.78. The fourth-order valence-electron chi connectivity index (χ4n) is 4.26. The average molecular weight is 423 g/mol. The van der Waals surface area contributed by atoms with E-state index >= 15 is 0 Å². The lowest BCUT2D eigenvalue weighted by Crippen LogP contribution is -2.52. The zero-order chi connectivity index (χ0) is 21.3. The number of piperazine rings is 1. The molecule has 1 aliphatic heterocycles. The van der Waals surface area contributed by atoms with Crippen LogP contribution in [-0.2, 0) is 11.3 Å². The van der Waals surface area contributed by atoms with Gasteiger partial charge in [0, 0.05) is 31.9 Å². The summed E-state index contributed by atoms with van der Waals surface area (Å²) < 4.78 is 1.25. The van der Waals surface area contributed by atoms with E-state index in [1.54, 1.807) is 11.3 Å². The molecule has 1 aromatic heterocycles. The molecular formula is C24H30N4OS. The number of carbonyl (C=O) groups excluding carboxylic acids is 1. The SMILES string of the molecule is Cc1cc(C)c(NC(=O)[C@@H](C)N2CCN(Cc3nc4ccccc4s3)CC2)c(C)c1. The van der Waals surface area contributed by atoms with Gasteiger partial charge >= 0.3 is 0 Å². The van der Waals surface area contributed by atoms with Crippen molar-refractivity contribution in [2.75, 3.05) is 31.5 Å². The molecule has 3 aromatic rings. The van der Waals surface area contributed by atoms with Gasteiger partial charge in [0.1, 0.15) is 5.01 Å². The Morgan fingerprint density at radius 3 is 2.43 bits per heavy atom. The number of nitrogens with one attached hydrogen (secondary N) is 1. The van der Waals surface area contributed by atoms with Crippen LogP contribution in [0.1, 0.15) is 28.6 Å². The number of amides is 1. The summed E-state index contributed by atoms with van der Waals surface area (Å²) in [5.74, 6) is 0.0738. The van der Waals surface area contributed by atoms with Crippen LogP contribution < -0.4 is 5.32 Å². The summed E-state index contributed by atoms with van der Waals surface area (Å²) in [6, 6.07) is 12.4. The molecule has 1 amide bonds. The number of aromatic nitrogens is 1. The first kappa shape index (κ1) is 21.0. The number of rotatable bonds is 5. The molecule has 0 radical (unpaired) electrons. The zero-order valence-corrected chi connectivity index (χ0v) is 19.1. The van der Waals surface area contributed by atoms with Crippen molar-refractivity contribution in [2.45, 2.75) is 40.3 Å². The Kier molecular flexibility index (Phi) is 6.18. The van der Waals surface area contributed by atoms with Crippen LogP contribution in [0.15, 0.2) is 36.4 Å². The van der Waals surface area contributed by atoms with Gasteiger partial charge in [-0.15, -0.1) is 11.3 Å². The summed E-state index contributed by atoms with van der Waals surface area (Å²) in [6.07, 6.45) is 0. The van der Waals surface area contributed by atoms with Gasteiger partial charge < -0.3 is 5.32 Å². The van der Waals surface area contributed by atoms with E-state index in [2.05, 4.69) is 66.2 Å². The van der Waals surface area contributed by atoms with Gasteiger partial charge in [-0.1, -0.05) is 29.8 Å². The number of nitrogens with zero attached hydrogens (tertiary/aromatic N) is 3. The number of para-hydroxylation sites is 1. The Morgan fingerprint density at radius 1 is 1.10 bits per heavy atom. The molecule has 0 saturated carbocycles. The second-order valence-electron chi connectivity index (χ2n) is 8.33. The third kappa shape index (κ3) is 4.56. The second kappa shape index (κ2) is 8.84. The van der Waals surface area contributed by atoms with Crippen molar-refractivity contribution < 1.29 is 4.79 Å². The molecule has 6 heteroatoms. The number of thiazole rings is 1. The summed E-state index contributed by atoms with van der Waals surface area (Å²) in [5.41, 5.74) is 5.50. The third-order valence-electron chi connectivity index (χ3n) is 5.96. The fourth-order valence-corrected chi connectivity index (χ4v) is 5.27. The first-order chi connectivity index (χ1) is 14.4. The van der Waals surface area contributed by atoms with Crippen LogP contribution >= 0.6 is 11.3 Å². The number of fused-ring (bicyclic) bond motifs is 1. The Balaban J connectivity index is 1.32. The molecule has 1 atom stereocenters. The minimum atomic E-state index is -0.144. The summed E-state index contributed by atoms with van der Waals surface area (Å²) in [4.78, 5) is 22.4. The minimum absolute atomic E-state index is 0.0738. The summed E-state index contributed by atoms with van der Waals surface area (Å²) in [6.45, 7) is 12.8. The normalized spacial score (nSPS) is 16.7. The number of hydrogen-bond donors (Lipinski definition) is 1. The van der Waals surface area contributed by atoms with E-state index < -0.39 is 0 Å². The maximum atomic E-state index is 12.9. The van der Waals surface area contributed by atoms with Crippen molar-refractivity contribution >= 4 is 33.1 Å². The van der Waals surface area contributed by atoms with Crippen LogP contribution in [0.5, 0.6) is 0 Å². The smallest absolute Gasteiger partial charge is 0.241 e. The molecule has 1 N–H and O–H groups in total. The molecule has 0 aliphatic carbocycles. The van der Waals surface area contributed by atoms with Gasteiger partial charge in [-0.2, -0.15) is 0 Å². The van der Waals surface area contributed by atoms with Crippen molar-refractivity contribution in [3.63, 3.8) is 0 Å². The maximum absolute atomic E-state index is 12.9. The Morgan fingerprint density at radius 2 is 1.77 bits per heavy atom. The van der Waals surface area contributed by atoms with E-state index in [0.717, 1.165) is 55.1 Å². The molecule has 158 valence electrons. The van der Waals surface area contributed by atoms with Crippen molar-refractivity contribution in [1.29, 1.82) is 0 Å². The largest absolute Gasteiger partial charge is 0.324 e. The third-order valence-corrected chi connectivity index (χ3v) is 6.98. The first-order valence-corrected chi connectivity index (χ1v) is 11.4. The highest BCUT2D eigenvalue weighted by Crippen LogP contribution is 2.24. The van der Waals surface area contributed by atoms with Gasteiger partial charge in [-0.25, -0.2) is 4.98 Å². The van der Waals surface area contributed by atoms with Gasteiger partial charge in [0.15, 0.2) is 0 Å². The van der Waals surface area contributed by atoms with E-state index in [4.69, 9.17) is 4.98 Å². The predicted octanol–water partition coefficient (Wildman–Crippen LogP) is 4.37. The Labute approximate surface area is 182 Å². The van der Waals surface area contributed by atoms with Gasteiger partial charge in [0.2, 0.25) is 5.91 Å². The molecule has 30 heavy (non-hydrogen) atoms. The van der Waals surface area contributed by atoms with Crippen LogP contribution in [0.3, 0.4) is 0 Å². The lowest BCUT2D eigenvalue weighted by Gasteiger charge is -2.37. The standard InChI is InChI=1S/C24H30N4OS/c1-16-13-17(2)23(18(3)14-16)26-24(29)19(4)28-11-9-27(10-12-28)15-22-25-20-7-5-6-8-21(20)30-22/h5-8,13-14,19H,9-12,15H2,1-4H3,(H,26,29)/t19-/m1/s1. The predicted molar refractivity (Wildman–Crippen MR) is 125 cm³/mol. The van der Waals surface area contributed by atoms with Crippen molar-refractivity contribution in [3.05, 3.63) is 58.1 Å². The molecular weight excluding hydrogens is 392 g/mol. The average Bonchev–Trinajstić information content (AvgIpc) is 3.13. The quantitative estimate of drug-likeness (QED) is 0.663. The van der Waals surface area contributed by atoms with Crippen molar-refractivity contribution in [3.8, 4) is 0 Å². The van der Waals surface area contributed by atoms with E-state index in [-0.39, 0.29) is 11.9 Å². The van der Waals surface area contributed by atoms with E-state index in [9.17, 15) is 4.79 Å². The molecule has 4 rings (SSSR count). The van der Waals surface area contributed by atoms with E-state index in [1.807, 2.05) is 13.0 Å². The Hall–Kier alpha value is -2.28. The molecule has 1 aliphatic rings. The van der Waals surface area contributed by atoms with Gasteiger partial charge in [-0.05, 0) is 51.0 Å². The highest BCUT2D eigenvalue weighted by Gasteiger charge is 2.26. The molecule has 1 fully saturated rings. The van der Waals surface area contributed by atoms with Crippen LogP contribution in [-0.4, -0.2) is 52.9 Å². The molecule has 0 unspecified atom stereocenters. The second-order valence-corrected chi connectivity index (χ2v) is 9.44. The molecule has 5 nitrogen and oxygen atoms in total. The van der Waals surface area contributed by atoms with Gasteiger partial charge in [-0.3, -0.25) is 14.6 Å². The molecule has 0 bridgehead atoms. The van der Waals surface area contributed by atoms with Crippen LogP contribution in [0.4, 0.5) is 5.69 Å². The van der Waals surface area contributed by atoms with Gasteiger partial charge in [0.25, 0.3) is 0 Å². The van der Waals surface area contributed by atoms with E-state index in [0.29, 0.717) is 0 Å². The summed E-state index contributed by atoms with van der Waals surface area (Å²) in [7, 11) is 0. The monoisotopic (exact) mass is 422 g/mol. The van der Waals surface area contributed by atoms with Crippen LogP contribution in [0.2, 0.25) is 0 Å². The Bertz CT molecular complexity index is 996. The maximum Gasteiger partial charge on any atom is 0.241 e. The first-order valence-electron chi connectivity index (χ1n) is 10.6. The molecule has 2 heterocycles. The molecule has 0 spiro atoms. The topological polar surface area (TPSA) is 48.5 Å². The zero-order valence-electron chi connectivity index (χ0n) is 18.2. The number of anilines is 1. The lowest BCUT2D eigenvalue weighted by atomic mass is 10.0. The molecule has 1 saturated heterocycles. The van der Waals surface area contributed by atoms with Crippen molar-refractivity contribution in [2.24, 2.45) is 0 Å². The van der Waals surface area contributed by atoms with E-state index in [1.165, 1.54) is 15.3 Å². The van der Waals surface area contributed by atoms with Crippen LogP contribution in [0, 0.1) is 20.8 Å². The number of hydrogen-bond acceptors (Lipinski definition) is 5. The molecule has 2 aromatic carbocycles. The van der Waals surface area contributed by atoms with Crippen molar-refractivity contribution in [1.82, 2.24) is 14.8 Å². The lowest BCUT2D eigenvalue weighted by molar-refractivity contribution is -0.121. The fraction of sp³-hybridized carbons (Fsp3) is 0.417. The van der Waals surface area contributed by atoms with Crippen LogP contribution in [0.25, 0.3) is 10.2 Å². The number of benzene rings is 2. The number of carbonyl (C=O) groups is 1. The summed E-state index contributed by atoms with van der Waals surface area (Å²) in [5, 5.41) is 4.33. The minimum Gasteiger partial charge on any atom is -0.324 e. The highest BCUT2D eigenvalue weighted by molar-refractivity contribution is 7.18. The number of aryl methyl sites for hydroxylation is 3. The highest BCUT2D eigenvalue weighted by atomic mass is 32.1.